The number of benzene rings is 1. The molecule has 0 bridgehead atoms. The van der Waals surface area contributed by atoms with Gasteiger partial charge in [0.15, 0.2) is 0 Å². The SMILES string of the molecule is Clc1ccc2c(c1)CC(NC1CCOC1)C2. The van der Waals surface area contributed by atoms with E-state index in [0.29, 0.717) is 12.1 Å². The van der Waals surface area contributed by atoms with Gasteiger partial charge in [-0.2, -0.15) is 0 Å². The topological polar surface area (TPSA) is 21.3 Å². The molecule has 2 unspecified atom stereocenters. The number of hydrogen-bond donors (Lipinski definition) is 1. The third kappa shape index (κ3) is 2.10. The molecule has 0 amide bonds. The van der Waals surface area contributed by atoms with Gasteiger partial charge in [-0.15, -0.1) is 0 Å². The average Bonchev–Trinajstić information content (AvgIpc) is 2.86. The minimum Gasteiger partial charge on any atom is -0.380 e. The summed E-state index contributed by atoms with van der Waals surface area (Å²) in [7, 11) is 0. The predicted octanol–water partition coefficient (Wildman–Crippen LogP) is 2.19. The molecular weight excluding hydrogens is 222 g/mol. The summed E-state index contributed by atoms with van der Waals surface area (Å²) >= 11 is 6.00. The van der Waals surface area contributed by atoms with E-state index in [1.807, 2.05) is 6.07 Å². The number of rotatable bonds is 2. The van der Waals surface area contributed by atoms with E-state index in [0.717, 1.165) is 37.5 Å². The fourth-order valence-corrected chi connectivity index (χ4v) is 2.90. The van der Waals surface area contributed by atoms with Crippen molar-refractivity contribution in [3.8, 4) is 0 Å². The van der Waals surface area contributed by atoms with Gasteiger partial charge >= 0.3 is 0 Å². The maximum Gasteiger partial charge on any atom is 0.0620 e. The molecule has 2 aliphatic rings. The van der Waals surface area contributed by atoms with Crippen molar-refractivity contribution in [2.45, 2.75) is 31.3 Å². The molecule has 16 heavy (non-hydrogen) atoms. The van der Waals surface area contributed by atoms with Gasteiger partial charge in [0.25, 0.3) is 0 Å². The first-order valence-electron chi connectivity index (χ1n) is 5.92. The molecule has 0 spiro atoms. The minimum absolute atomic E-state index is 0.551. The third-order valence-corrected chi connectivity index (χ3v) is 3.74. The van der Waals surface area contributed by atoms with Crippen LogP contribution in [0.2, 0.25) is 5.02 Å². The predicted molar refractivity (Wildman–Crippen MR) is 65.0 cm³/mol. The minimum atomic E-state index is 0.551. The Kier molecular flexibility index (Phi) is 2.88. The van der Waals surface area contributed by atoms with Gasteiger partial charge in [0, 0.05) is 23.7 Å². The molecular formula is C13H16ClNO. The lowest BCUT2D eigenvalue weighted by atomic mass is 10.1. The summed E-state index contributed by atoms with van der Waals surface area (Å²) in [5, 5.41) is 4.53. The molecule has 1 aromatic rings. The van der Waals surface area contributed by atoms with Crippen LogP contribution in [0, 0.1) is 0 Å². The monoisotopic (exact) mass is 237 g/mol. The molecule has 2 atom stereocenters. The molecule has 3 rings (SSSR count). The van der Waals surface area contributed by atoms with E-state index in [9.17, 15) is 0 Å². The number of nitrogens with one attached hydrogen (secondary N) is 1. The quantitative estimate of drug-likeness (QED) is 0.852. The summed E-state index contributed by atoms with van der Waals surface area (Å²) in [6.07, 6.45) is 3.38. The molecule has 0 aromatic heterocycles. The molecule has 1 aromatic carbocycles. The molecule has 3 heteroatoms. The Hall–Kier alpha value is -0.570. The molecule has 1 N–H and O–H groups in total. The standard InChI is InChI=1S/C13H16ClNO/c14-11-2-1-9-6-13(7-10(9)5-11)15-12-3-4-16-8-12/h1-2,5,12-13,15H,3-4,6-8H2. The third-order valence-electron chi connectivity index (χ3n) is 3.50. The Morgan fingerprint density at radius 1 is 1.19 bits per heavy atom. The van der Waals surface area contributed by atoms with Crippen molar-refractivity contribution >= 4 is 11.6 Å². The van der Waals surface area contributed by atoms with Crippen molar-refractivity contribution in [3.05, 3.63) is 34.3 Å². The summed E-state index contributed by atoms with van der Waals surface area (Å²) in [4.78, 5) is 0. The van der Waals surface area contributed by atoms with Gasteiger partial charge in [-0.3, -0.25) is 0 Å². The zero-order valence-electron chi connectivity index (χ0n) is 9.21. The van der Waals surface area contributed by atoms with Crippen LogP contribution in [0.4, 0.5) is 0 Å². The van der Waals surface area contributed by atoms with Crippen molar-refractivity contribution < 1.29 is 4.74 Å². The van der Waals surface area contributed by atoms with E-state index in [2.05, 4.69) is 17.4 Å². The molecule has 1 aliphatic heterocycles. The Balaban J connectivity index is 1.65. The summed E-state index contributed by atoms with van der Waals surface area (Å²) in [5.74, 6) is 0. The zero-order valence-corrected chi connectivity index (χ0v) is 9.96. The molecule has 0 saturated carbocycles. The van der Waals surface area contributed by atoms with Crippen LogP contribution in [0.5, 0.6) is 0 Å². The van der Waals surface area contributed by atoms with Crippen LogP contribution in [0.1, 0.15) is 17.5 Å². The van der Waals surface area contributed by atoms with E-state index in [1.54, 1.807) is 0 Å². The van der Waals surface area contributed by atoms with Crippen LogP contribution in [0.25, 0.3) is 0 Å². The van der Waals surface area contributed by atoms with Crippen LogP contribution in [-0.4, -0.2) is 25.3 Å². The molecule has 86 valence electrons. The Bertz CT molecular complexity index is 388. The van der Waals surface area contributed by atoms with Crippen LogP contribution >= 0.6 is 11.6 Å². The highest BCUT2D eigenvalue weighted by Crippen LogP contribution is 2.26. The number of ether oxygens (including phenoxy) is 1. The average molecular weight is 238 g/mol. The molecule has 1 aliphatic carbocycles. The largest absolute Gasteiger partial charge is 0.380 e. The first-order valence-corrected chi connectivity index (χ1v) is 6.30. The Labute approximate surface area is 101 Å². The van der Waals surface area contributed by atoms with E-state index in [4.69, 9.17) is 16.3 Å². The second kappa shape index (κ2) is 4.36. The van der Waals surface area contributed by atoms with Gasteiger partial charge in [0.1, 0.15) is 0 Å². The maximum absolute atomic E-state index is 6.00. The van der Waals surface area contributed by atoms with E-state index in [1.165, 1.54) is 11.1 Å². The van der Waals surface area contributed by atoms with Crippen LogP contribution in [-0.2, 0) is 17.6 Å². The summed E-state index contributed by atoms with van der Waals surface area (Å²) in [6.45, 7) is 1.77. The second-order valence-corrected chi connectivity index (χ2v) is 5.18. The van der Waals surface area contributed by atoms with Gasteiger partial charge in [0.05, 0.1) is 6.61 Å². The first-order chi connectivity index (χ1) is 7.81. The smallest absolute Gasteiger partial charge is 0.0620 e. The molecule has 0 radical (unpaired) electrons. The van der Waals surface area contributed by atoms with Crippen molar-refractivity contribution in [1.82, 2.24) is 5.32 Å². The van der Waals surface area contributed by atoms with Crippen molar-refractivity contribution in [3.63, 3.8) is 0 Å². The van der Waals surface area contributed by atoms with Crippen LogP contribution in [0.15, 0.2) is 18.2 Å². The number of halogens is 1. The van der Waals surface area contributed by atoms with Gasteiger partial charge < -0.3 is 10.1 Å². The summed E-state index contributed by atoms with van der Waals surface area (Å²) in [6, 6.07) is 7.37. The lowest BCUT2D eigenvalue weighted by Gasteiger charge is -2.16. The van der Waals surface area contributed by atoms with Gasteiger partial charge in [-0.1, -0.05) is 17.7 Å². The highest BCUT2D eigenvalue weighted by Gasteiger charge is 2.25. The Morgan fingerprint density at radius 3 is 2.88 bits per heavy atom. The van der Waals surface area contributed by atoms with Crippen molar-refractivity contribution in [2.24, 2.45) is 0 Å². The van der Waals surface area contributed by atoms with E-state index >= 15 is 0 Å². The molecule has 1 saturated heterocycles. The molecule has 2 nitrogen and oxygen atoms in total. The Morgan fingerprint density at radius 2 is 2.06 bits per heavy atom. The maximum atomic E-state index is 6.00. The van der Waals surface area contributed by atoms with Crippen LogP contribution < -0.4 is 5.32 Å². The fourth-order valence-electron chi connectivity index (χ4n) is 2.70. The highest BCUT2D eigenvalue weighted by atomic mass is 35.5. The lowest BCUT2D eigenvalue weighted by molar-refractivity contribution is 0.188. The zero-order chi connectivity index (χ0) is 11.0. The molecule has 1 fully saturated rings. The lowest BCUT2D eigenvalue weighted by Crippen LogP contribution is -2.39. The second-order valence-electron chi connectivity index (χ2n) is 4.75. The number of hydrogen-bond acceptors (Lipinski definition) is 2. The van der Waals surface area contributed by atoms with E-state index in [-0.39, 0.29) is 0 Å². The van der Waals surface area contributed by atoms with Gasteiger partial charge in [-0.25, -0.2) is 0 Å². The number of fused-ring (bicyclic) bond motifs is 1. The van der Waals surface area contributed by atoms with Gasteiger partial charge in [-0.05, 0) is 42.5 Å². The fraction of sp³-hybridized carbons (Fsp3) is 0.538. The highest BCUT2D eigenvalue weighted by molar-refractivity contribution is 6.30. The van der Waals surface area contributed by atoms with Crippen molar-refractivity contribution in [1.29, 1.82) is 0 Å². The normalized spacial score (nSPS) is 28.3. The van der Waals surface area contributed by atoms with E-state index < -0.39 is 0 Å². The van der Waals surface area contributed by atoms with Crippen molar-refractivity contribution in [2.75, 3.05) is 13.2 Å². The first kappa shape index (κ1) is 10.6. The van der Waals surface area contributed by atoms with Gasteiger partial charge in [0.2, 0.25) is 0 Å². The molecule has 1 heterocycles. The summed E-state index contributed by atoms with van der Waals surface area (Å²) in [5.41, 5.74) is 2.85. The summed E-state index contributed by atoms with van der Waals surface area (Å²) < 4.78 is 5.38. The van der Waals surface area contributed by atoms with Crippen LogP contribution in [0.3, 0.4) is 0 Å².